The van der Waals surface area contributed by atoms with Gasteiger partial charge in [0.1, 0.15) is 5.94 Å². The molecule has 0 spiro atoms. The molecule has 0 aliphatic heterocycles. The van der Waals surface area contributed by atoms with E-state index >= 15 is 0 Å². The number of allylic oxidation sites excluding steroid dienone is 1. The normalized spacial score (nSPS) is 25.3. The largest absolute Gasteiger partial charge is 0.481 e. The molecule has 1 saturated carbocycles. The predicted octanol–water partition coefficient (Wildman–Crippen LogP) is 0.485. The highest BCUT2D eigenvalue weighted by Gasteiger charge is 2.39. The lowest BCUT2D eigenvalue weighted by Crippen LogP contribution is -2.11. The van der Waals surface area contributed by atoms with Gasteiger partial charge in [-0.2, -0.15) is 0 Å². The molecule has 3 nitrogen and oxygen atoms in total. The number of hydrogen-bond acceptors (Lipinski definition) is 2. The first-order valence-electron chi connectivity index (χ1n) is 3.13. The molecular weight excluding hydrogens is 132 g/mol. The van der Waals surface area contributed by atoms with E-state index in [0.717, 1.165) is 0 Å². The van der Waals surface area contributed by atoms with Crippen molar-refractivity contribution < 1.29 is 14.7 Å². The van der Waals surface area contributed by atoms with Gasteiger partial charge in [-0.15, -0.1) is 0 Å². The number of aliphatic carboxylic acids is 1. The van der Waals surface area contributed by atoms with Crippen LogP contribution in [0.1, 0.15) is 13.3 Å². The van der Waals surface area contributed by atoms with Crippen LogP contribution in [0.15, 0.2) is 5.57 Å². The van der Waals surface area contributed by atoms with Crippen LogP contribution in [0, 0.1) is 11.8 Å². The highest BCUT2D eigenvalue weighted by atomic mass is 16.4. The maximum absolute atomic E-state index is 10.3. The van der Waals surface area contributed by atoms with Gasteiger partial charge in [-0.25, -0.2) is 4.79 Å². The molecule has 0 amide bonds. The molecule has 10 heavy (non-hydrogen) atoms. The van der Waals surface area contributed by atoms with E-state index in [0.29, 0.717) is 12.0 Å². The third-order valence-electron chi connectivity index (χ3n) is 1.85. The molecule has 0 radical (unpaired) electrons. The predicted molar refractivity (Wildman–Crippen MR) is 34.1 cm³/mol. The summed E-state index contributed by atoms with van der Waals surface area (Å²) >= 11 is 0. The number of carboxylic acids is 1. The Kier molecular flexibility index (Phi) is 1.60. The summed E-state index contributed by atoms with van der Waals surface area (Å²) in [5.41, 5.74) is 0.620. The van der Waals surface area contributed by atoms with Crippen molar-refractivity contribution in [3.8, 4) is 0 Å². The van der Waals surface area contributed by atoms with Crippen LogP contribution in [0.25, 0.3) is 0 Å². The molecule has 1 N–H and O–H groups in total. The van der Waals surface area contributed by atoms with Crippen LogP contribution in [0.2, 0.25) is 0 Å². The Morgan fingerprint density at radius 3 is 2.80 bits per heavy atom. The lowest BCUT2D eigenvalue weighted by molar-refractivity contribution is -0.141. The van der Waals surface area contributed by atoms with Crippen molar-refractivity contribution in [1.82, 2.24) is 0 Å². The highest BCUT2D eigenvalue weighted by Crippen LogP contribution is 2.41. The quantitative estimate of drug-likeness (QED) is 0.568. The van der Waals surface area contributed by atoms with Crippen LogP contribution < -0.4 is 0 Å². The van der Waals surface area contributed by atoms with Crippen molar-refractivity contribution in [2.45, 2.75) is 13.3 Å². The number of rotatable bonds is 2. The average Bonchev–Trinajstić information content (AvgIpc) is 2.64. The standard InChI is InChI=1S/C7H8O3/c1-4(7(9)10)6-2-5(6)3-8/h4,6H,2H2,1H3,(H,9,10). The van der Waals surface area contributed by atoms with E-state index in [4.69, 9.17) is 5.11 Å². The SMILES string of the molecule is CC(C(=O)O)C1CC1=C=O. The molecule has 2 unspecified atom stereocenters. The van der Waals surface area contributed by atoms with Crippen LogP contribution in [0.5, 0.6) is 0 Å². The Hall–Kier alpha value is -1.08. The molecule has 1 aliphatic carbocycles. The van der Waals surface area contributed by atoms with Gasteiger partial charge in [0.15, 0.2) is 0 Å². The van der Waals surface area contributed by atoms with Gasteiger partial charge >= 0.3 is 5.97 Å². The molecule has 0 aromatic rings. The fourth-order valence-corrected chi connectivity index (χ4v) is 0.946. The van der Waals surface area contributed by atoms with Gasteiger partial charge in [-0.05, 0) is 6.42 Å². The smallest absolute Gasteiger partial charge is 0.306 e. The molecular formula is C7H8O3. The lowest BCUT2D eigenvalue weighted by Gasteiger charge is -1.98. The third kappa shape index (κ3) is 1.09. The van der Waals surface area contributed by atoms with Crippen LogP contribution in [0.3, 0.4) is 0 Å². The molecule has 0 aromatic carbocycles. The zero-order chi connectivity index (χ0) is 7.72. The first-order chi connectivity index (χ1) is 4.66. The Bertz CT molecular complexity index is 213. The number of carbonyl (C=O) groups is 1. The van der Waals surface area contributed by atoms with Crippen molar-refractivity contribution in [3.05, 3.63) is 5.57 Å². The summed E-state index contributed by atoms with van der Waals surface area (Å²) < 4.78 is 0. The monoisotopic (exact) mass is 140 g/mol. The van der Waals surface area contributed by atoms with Crippen LogP contribution in [-0.4, -0.2) is 17.0 Å². The van der Waals surface area contributed by atoms with E-state index in [1.807, 2.05) is 0 Å². The van der Waals surface area contributed by atoms with Gasteiger partial charge in [-0.1, -0.05) is 6.92 Å². The van der Waals surface area contributed by atoms with Crippen LogP contribution in [-0.2, 0) is 9.59 Å². The molecule has 3 heteroatoms. The first-order valence-corrected chi connectivity index (χ1v) is 3.13. The lowest BCUT2D eigenvalue weighted by atomic mass is 10.1. The topological polar surface area (TPSA) is 54.4 Å². The fourth-order valence-electron chi connectivity index (χ4n) is 0.946. The second-order valence-corrected chi connectivity index (χ2v) is 2.56. The summed E-state index contributed by atoms with van der Waals surface area (Å²) in [7, 11) is 0. The summed E-state index contributed by atoms with van der Waals surface area (Å²) in [6, 6.07) is 0. The van der Waals surface area contributed by atoms with Crippen molar-refractivity contribution in [3.63, 3.8) is 0 Å². The molecule has 1 rings (SSSR count). The molecule has 0 bridgehead atoms. The van der Waals surface area contributed by atoms with E-state index in [1.54, 1.807) is 12.9 Å². The molecule has 54 valence electrons. The molecule has 2 atom stereocenters. The van der Waals surface area contributed by atoms with E-state index in [9.17, 15) is 9.59 Å². The zero-order valence-electron chi connectivity index (χ0n) is 5.63. The second kappa shape index (κ2) is 2.27. The van der Waals surface area contributed by atoms with Crippen molar-refractivity contribution in [1.29, 1.82) is 0 Å². The number of hydrogen-bond donors (Lipinski definition) is 1. The van der Waals surface area contributed by atoms with E-state index in [-0.39, 0.29) is 5.92 Å². The molecule has 1 aliphatic rings. The van der Waals surface area contributed by atoms with Gasteiger partial charge in [0, 0.05) is 11.5 Å². The van der Waals surface area contributed by atoms with Gasteiger partial charge in [-0.3, -0.25) is 4.79 Å². The van der Waals surface area contributed by atoms with Crippen molar-refractivity contribution in [2.75, 3.05) is 0 Å². The Labute approximate surface area is 58.4 Å². The van der Waals surface area contributed by atoms with Crippen LogP contribution >= 0.6 is 0 Å². The molecule has 0 heterocycles. The van der Waals surface area contributed by atoms with Crippen molar-refractivity contribution >= 4 is 11.9 Å². The minimum atomic E-state index is -0.838. The molecule has 0 saturated heterocycles. The highest BCUT2D eigenvalue weighted by molar-refractivity contribution is 5.74. The maximum atomic E-state index is 10.3. The van der Waals surface area contributed by atoms with E-state index in [1.165, 1.54) is 0 Å². The molecule has 0 aromatic heterocycles. The number of carboxylic acid groups (broad SMARTS) is 1. The van der Waals surface area contributed by atoms with Gasteiger partial charge in [0.05, 0.1) is 5.92 Å². The minimum Gasteiger partial charge on any atom is -0.481 e. The summed E-state index contributed by atoms with van der Waals surface area (Å²) in [5, 5.41) is 8.46. The molecule has 1 fully saturated rings. The second-order valence-electron chi connectivity index (χ2n) is 2.56. The van der Waals surface area contributed by atoms with Gasteiger partial charge in [0.2, 0.25) is 0 Å². The first kappa shape index (κ1) is 7.03. The Balaban J connectivity index is 2.55. The van der Waals surface area contributed by atoms with Crippen molar-refractivity contribution in [2.24, 2.45) is 11.8 Å². The summed E-state index contributed by atoms with van der Waals surface area (Å²) in [6.07, 6.45) is 0.622. The van der Waals surface area contributed by atoms with Gasteiger partial charge in [0.25, 0.3) is 0 Å². The van der Waals surface area contributed by atoms with Gasteiger partial charge < -0.3 is 5.11 Å². The summed E-state index contributed by atoms with van der Waals surface area (Å²) in [4.78, 5) is 20.2. The zero-order valence-corrected chi connectivity index (χ0v) is 5.63. The Morgan fingerprint density at radius 1 is 1.90 bits per heavy atom. The third-order valence-corrected chi connectivity index (χ3v) is 1.85. The number of carbonyl (C=O) groups excluding carboxylic acids is 1. The maximum Gasteiger partial charge on any atom is 0.306 e. The fraction of sp³-hybridized carbons (Fsp3) is 0.571. The summed E-state index contributed by atoms with van der Waals surface area (Å²) in [5.74, 6) is 0.438. The summed E-state index contributed by atoms with van der Waals surface area (Å²) in [6.45, 7) is 1.61. The van der Waals surface area contributed by atoms with E-state index in [2.05, 4.69) is 0 Å². The van der Waals surface area contributed by atoms with E-state index < -0.39 is 11.9 Å². The van der Waals surface area contributed by atoms with Crippen LogP contribution in [0.4, 0.5) is 0 Å². The minimum absolute atomic E-state index is 0.0324. The average molecular weight is 140 g/mol. The Morgan fingerprint density at radius 2 is 2.50 bits per heavy atom.